The maximum Gasteiger partial charge on any atom is 0.341 e. The summed E-state index contributed by atoms with van der Waals surface area (Å²) in [6.45, 7) is 0.979. The quantitative estimate of drug-likeness (QED) is 0.0958. The number of methoxy groups -OCH3 is 2. The summed E-state index contributed by atoms with van der Waals surface area (Å²) in [7, 11) is 2.81. The van der Waals surface area contributed by atoms with Gasteiger partial charge in [-0.25, -0.2) is 4.79 Å². The number of oxime groups is 1. The van der Waals surface area contributed by atoms with E-state index in [-0.39, 0.29) is 6.61 Å². The second-order valence-electron chi connectivity index (χ2n) is 7.01. The Labute approximate surface area is 199 Å². The first-order valence-electron chi connectivity index (χ1n) is 10.7. The second-order valence-corrected chi connectivity index (χ2v) is 7.01. The standard InChI is InChI=1S/C27H27NO6/c1-30-20-26(27(29)31-2)25-14-7-6-10-22(25)19-33-24-13-8-9-21(17-24)18-28-34-16-15-32-23-11-4-3-5-12-23/h3-14,17-18,20H,15-16,19H2,1-2H3/b26-20+,28-18+. The van der Waals surface area contributed by atoms with Crippen molar-refractivity contribution in [2.45, 2.75) is 6.61 Å². The molecule has 0 aliphatic rings. The number of para-hydroxylation sites is 1. The molecule has 3 aromatic carbocycles. The molecule has 3 rings (SSSR count). The molecule has 0 unspecified atom stereocenters. The highest BCUT2D eigenvalue weighted by Gasteiger charge is 2.16. The zero-order valence-corrected chi connectivity index (χ0v) is 19.2. The van der Waals surface area contributed by atoms with Crippen LogP contribution in [0.4, 0.5) is 0 Å². The van der Waals surface area contributed by atoms with Crippen LogP contribution in [0.3, 0.4) is 0 Å². The normalized spacial score (nSPS) is 11.2. The summed E-state index contributed by atoms with van der Waals surface area (Å²) < 4.78 is 21.5. The van der Waals surface area contributed by atoms with Crippen molar-refractivity contribution in [2.24, 2.45) is 5.16 Å². The number of hydrogen-bond acceptors (Lipinski definition) is 7. The highest BCUT2D eigenvalue weighted by Crippen LogP contribution is 2.23. The topological polar surface area (TPSA) is 75.6 Å². The summed E-state index contributed by atoms with van der Waals surface area (Å²) in [4.78, 5) is 17.4. The van der Waals surface area contributed by atoms with E-state index in [2.05, 4.69) is 5.16 Å². The van der Waals surface area contributed by atoms with Gasteiger partial charge in [-0.1, -0.05) is 59.8 Å². The third-order valence-corrected chi connectivity index (χ3v) is 4.66. The van der Waals surface area contributed by atoms with Crippen LogP contribution in [0, 0.1) is 0 Å². The van der Waals surface area contributed by atoms with Gasteiger partial charge in [0.25, 0.3) is 0 Å². The Kier molecular flexibility index (Phi) is 9.56. The lowest BCUT2D eigenvalue weighted by Gasteiger charge is -2.13. The maximum atomic E-state index is 12.2. The van der Waals surface area contributed by atoms with Gasteiger partial charge in [0.15, 0.2) is 6.61 Å². The van der Waals surface area contributed by atoms with Crippen LogP contribution in [-0.2, 0) is 25.7 Å². The number of carbonyl (C=O) groups excluding carboxylic acids is 1. The predicted octanol–water partition coefficient (Wildman–Crippen LogP) is 4.86. The van der Waals surface area contributed by atoms with Crippen LogP contribution in [0.15, 0.2) is 90.3 Å². The van der Waals surface area contributed by atoms with Crippen molar-refractivity contribution in [3.63, 3.8) is 0 Å². The molecule has 0 radical (unpaired) electrons. The van der Waals surface area contributed by atoms with Crippen LogP contribution in [0.25, 0.3) is 5.57 Å². The summed E-state index contributed by atoms with van der Waals surface area (Å²) in [6.07, 6.45) is 2.98. The van der Waals surface area contributed by atoms with E-state index in [0.29, 0.717) is 30.1 Å². The molecule has 176 valence electrons. The van der Waals surface area contributed by atoms with E-state index in [1.54, 1.807) is 6.21 Å². The van der Waals surface area contributed by atoms with Gasteiger partial charge in [0.2, 0.25) is 0 Å². The van der Waals surface area contributed by atoms with Gasteiger partial charge in [-0.3, -0.25) is 0 Å². The Morgan fingerprint density at radius 2 is 1.62 bits per heavy atom. The highest BCUT2D eigenvalue weighted by atomic mass is 16.6. The van der Waals surface area contributed by atoms with Gasteiger partial charge >= 0.3 is 5.97 Å². The molecule has 7 nitrogen and oxygen atoms in total. The van der Waals surface area contributed by atoms with E-state index in [4.69, 9.17) is 23.8 Å². The van der Waals surface area contributed by atoms with Crippen molar-refractivity contribution in [1.29, 1.82) is 0 Å². The lowest BCUT2D eigenvalue weighted by atomic mass is 10.0. The molecule has 0 aliphatic carbocycles. The first kappa shape index (κ1) is 24.4. The van der Waals surface area contributed by atoms with Gasteiger partial charge in [0.1, 0.15) is 30.3 Å². The lowest BCUT2D eigenvalue weighted by Crippen LogP contribution is -2.08. The van der Waals surface area contributed by atoms with Crippen molar-refractivity contribution >= 4 is 17.8 Å². The first-order valence-corrected chi connectivity index (χ1v) is 10.7. The summed E-state index contributed by atoms with van der Waals surface area (Å²) in [5.74, 6) is 0.959. The number of esters is 1. The van der Waals surface area contributed by atoms with Crippen LogP contribution >= 0.6 is 0 Å². The monoisotopic (exact) mass is 461 g/mol. The van der Waals surface area contributed by atoms with Crippen molar-refractivity contribution in [2.75, 3.05) is 27.4 Å². The SMILES string of the molecule is CO/C=C(/C(=O)OC)c1ccccc1COc1cccc(/C=N/OCCOc2ccccc2)c1. The van der Waals surface area contributed by atoms with Gasteiger partial charge in [-0.15, -0.1) is 0 Å². The maximum absolute atomic E-state index is 12.2. The van der Waals surface area contributed by atoms with Crippen molar-refractivity contribution in [1.82, 2.24) is 0 Å². The molecule has 0 fully saturated rings. The fourth-order valence-electron chi connectivity index (χ4n) is 3.07. The van der Waals surface area contributed by atoms with Crippen molar-refractivity contribution in [3.05, 3.63) is 102 Å². The van der Waals surface area contributed by atoms with E-state index in [1.807, 2.05) is 78.9 Å². The van der Waals surface area contributed by atoms with Crippen LogP contribution in [0.5, 0.6) is 11.5 Å². The summed E-state index contributed by atoms with van der Waals surface area (Å²) in [6, 6.07) is 24.4. The summed E-state index contributed by atoms with van der Waals surface area (Å²) in [5, 5.41) is 3.99. The Hall–Kier alpha value is -4.26. The number of benzene rings is 3. The van der Waals surface area contributed by atoms with Gasteiger partial charge in [-0.05, 0) is 41.0 Å². The molecule has 0 saturated carbocycles. The van der Waals surface area contributed by atoms with E-state index in [0.717, 1.165) is 16.9 Å². The molecule has 0 aliphatic heterocycles. The molecule has 0 saturated heterocycles. The molecule has 0 bridgehead atoms. The van der Waals surface area contributed by atoms with Gasteiger partial charge in [0, 0.05) is 0 Å². The van der Waals surface area contributed by atoms with E-state index in [1.165, 1.54) is 20.5 Å². The molecular formula is C27H27NO6. The predicted molar refractivity (Wildman–Crippen MR) is 130 cm³/mol. The highest BCUT2D eigenvalue weighted by molar-refractivity contribution is 6.16. The number of hydrogen-bond donors (Lipinski definition) is 0. The molecule has 7 heteroatoms. The van der Waals surface area contributed by atoms with Crippen molar-refractivity contribution in [3.8, 4) is 11.5 Å². The Morgan fingerprint density at radius 3 is 2.41 bits per heavy atom. The number of rotatable bonds is 12. The number of nitrogens with zero attached hydrogens (tertiary/aromatic N) is 1. The minimum absolute atomic E-state index is 0.252. The fraction of sp³-hybridized carbons (Fsp3) is 0.185. The molecule has 0 atom stereocenters. The van der Waals surface area contributed by atoms with Crippen LogP contribution in [0.2, 0.25) is 0 Å². The first-order chi connectivity index (χ1) is 16.7. The van der Waals surface area contributed by atoms with Gasteiger partial charge in [-0.2, -0.15) is 0 Å². The van der Waals surface area contributed by atoms with Crippen molar-refractivity contribution < 1.29 is 28.6 Å². The molecule has 3 aromatic rings. The molecule has 34 heavy (non-hydrogen) atoms. The zero-order valence-electron chi connectivity index (χ0n) is 19.2. The number of carbonyl (C=O) groups is 1. The minimum Gasteiger partial charge on any atom is -0.503 e. The summed E-state index contributed by atoms with van der Waals surface area (Å²) >= 11 is 0. The van der Waals surface area contributed by atoms with E-state index < -0.39 is 5.97 Å². The summed E-state index contributed by atoms with van der Waals surface area (Å²) in [5.41, 5.74) is 2.64. The average Bonchev–Trinajstić information content (AvgIpc) is 2.89. The third-order valence-electron chi connectivity index (χ3n) is 4.66. The Balaban J connectivity index is 1.55. The molecule has 0 spiro atoms. The van der Waals surface area contributed by atoms with E-state index in [9.17, 15) is 4.79 Å². The average molecular weight is 462 g/mol. The molecular weight excluding hydrogens is 434 g/mol. The Bertz CT molecular complexity index is 1110. The number of ether oxygens (including phenoxy) is 4. The second kappa shape index (κ2) is 13.3. The lowest BCUT2D eigenvalue weighted by molar-refractivity contribution is -0.133. The largest absolute Gasteiger partial charge is 0.503 e. The third kappa shape index (κ3) is 7.41. The zero-order chi connectivity index (χ0) is 24.0. The smallest absolute Gasteiger partial charge is 0.341 e. The van der Waals surface area contributed by atoms with Crippen LogP contribution < -0.4 is 9.47 Å². The van der Waals surface area contributed by atoms with Gasteiger partial charge in [0.05, 0.1) is 26.7 Å². The minimum atomic E-state index is -0.485. The molecule has 0 amide bonds. The molecule has 0 heterocycles. The van der Waals surface area contributed by atoms with Crippen LogP contribution in [-0.4, -0.2) is 39.6 Å². The molecule has 0 aromatic heterocycles. The van der Waals surface area contributed by atoms with Gasteiger partial charge < -0.3 is 23.8 Å². The van der Waals surface area contributed by atoms with E-state index >= 15 is 0 Å². The van der Waals surface area contributed by atoms with Crippen LogP contribution in [0.1, 0.15) is 16.7 Å². The Morgan fingerprint density at radius 1 is 0.853 bits per heavy atom. The fourth-order valence-corrected chi connectivity index (χ4v) is 3.07. The molecule has 0 N–H and O–H groups in total.